The first-order chi connectivity index (χ1) is 9.08. The van der Waals surface area contributed by atoms with Crippen LogP contribution in [0.5, 0.6) is 5.75 Å². The Hall–Kier alpha value is -1.15. The number of nitrogens with zero attached hydrogens (tertiary/aromatic N) is 2. The van der Waals surface area contributed by atoms with E-state index in [1.807, 2.05) is 29.5 Å². The maximum absolute atomic E-state index is 13.1. The summed E-state index contributed by atoms with van der Waals surface area (Å²) in [6.45, 7) is 2.55. The van der Waals surface area contributed by atoms with E-state index in [2.05, 4.69) is 5.10 Å². The van der Waals surface area contributed by atoms with Gasteiger partial charge in [-0.05, 0) is 41.6 Å². The second-order valence-electron chi connectivity index (χ2n) is 3.98. The van der Waals surface area contributed by atoms with E-state index in [1.165, 1.54) is 19.2 Å². The number of aliphatic hydroxyl groups is 1. The summed E-state index contributed by atoms with van der Waals surface area (Å²) in [5.41, 5.74) is 1.21. The van der Waals surface area contributed by atoms with Gasteiger partial charge >= 0.3 is 0 Å². The molecule has 0 aliphatic carbocycles. The van der Waals surface area contributed by atoms with Gasteiger partial charge in [-0.15, -0.1) is 0 Å². The first kappa shape index (κ1) is 14.3. The number of hydrogen-bond donors (Lipinski definition) is 1. The maximum atomic E-state index is 13.1. The number of hydrogen-bond acceptors (Lipinski definition) is 3. The van der Waals surface area contributed by atoms with Crippen LogP contribution < -0.4 is 4.74 Å². The second-order valence-corrected chi connectivity index (χ2v) is 5.14. The third-order valence-electron chi connectivity index (χ3n) is 2.88. The number of aromatic nitrogens is 2. The van der Waals surface area contributed by atoms with E-state index >= 15 is 0 Å². The molecule has 102 valence electrons. The van der Waals surface area contributed by atoms with Gasteiger partial charge in [0.25, 0.3) is 0 Å². The molecule has 1 atom stereocenters. The van der Waals surface area contributed by atoms with Gasteiger partial charge in [0.1, 0.15) is 17.6 Å². The molecule has 0 saturated heterocycles. The number of ether oxygens (including phenoxy) is 1. The molecule has 1 heterocycles. The molecule has 0 aliphatic heterocycles. The largest absolute Gasteiger partial charge is 0.493 e. The Labute approximate surface area is 124 Å². The van der Waals surface area contributed by atoms with Crippen molar-refractivity contribution in [2.45, 2.75) is 19.6 Å². The zero-order chi connectivity index (χ0) is 14.0. The molecular formula is C13H14FIN2O2. The van der Waals surface area contributed by atoms with Crippen molar-refractivity contribution in [3.8, 4) is 5.75 Å². The molecule has 2 rings (SSSR count). The minimum absolute atomic E-state index is 0.323. The summed E-state index contributed by atoms with van der Waals surface area (Å²) in [6.07, 6.45) is 0.670. The Morgan fingerprint density at radius 1 is 1.53 bits per heavy atom. The fourth-order valence-electron chi connectivity index (χ4n) is 1.93. The Kier molecular flexibility index (Phi) is 4.41. The fourth-order valence-corrected chi connectivity index (χ4v) is 2.71. The molecule has 1 aromatic carbocycles. The van der Waals surface area contributed by atoms with Crippen LogP contribution in [0, 0.1) is 9.39 Å². The molecule has 2 aromatic rings. The van der Waals surface area contributed by atoms with Crippen LogP contribution in [-0.2, 0) is 6.54 Å². The van der Waals surface area contributed by atoms with E-state index in [9.17, 15) is 9.50 Å². The van der Waals surface area contributed by atoms with Crippen LogP contribution >= 0.6 is 22.6 Å². The van der Waals surface area contributed by atoms with Crippen molar-refractivity contribution in [3.05, 3.63) is 45.0 Å². The molecule has 0 amide bonds. The van der Waals surface area contributed by atoms with Crippen molar-refractivity contribution >= 4 is 22.6 Å². The van der Waals surface area contributed by atoms with Gasteiger partial charge in [-0.25, -0.2) is 4.39 Å². The van der Waals surface area contributed by atoms with Crippen LogP contribution in [0.1, 0.15) is 24.3 Å². The molecule has 4 nitrogen and oxygen atoms in total. The zero-order valence-corrected chi connectivity index (χ0v) is 12.8. The predicted molar refractivity (Wildman–Crippen MR) is 77.6 cm³/mol. The van der Waals surface area contributed by atoms with Crippen LogP contribution in [-0.4, -0.2) is 22.0 Å². The van der Waals surface area contributed by atoms with Crippen molar-refractivity contribution < 1.29 is 14.2 Å². The van der Waals surface area contributed by atoms with Crippen molar-refractivity contribution in [2.75, 3.05) is 7.11 Å². The molecule has 0 bridgehead atoms. The van der Waals surface area contributed by atoms with E-state index in [4.69, 9.17) is 4.74 Å². The molecule has 6 heteroatoms. The quantitative estimate of drug-likeness (QED) is 0.835. The number of rotatable bonds is 4. The van der Waals surface area contributed by atoms with Crippen LogP contribution in [0.2, 0.25) is 0 Å². The SMILES string of the molecule is CCn1ncc(OC)c1C(O)c1ccc(F)cc1I. The highest BCUT2D eigenvalue weighted by atomic mass is 127. The van der Waals surface area contributed by atoms with E-state index in [1.54, 1.807) is 16.9 Å². The van der Waals surface area contributed by atoms with Crippen molar-refractivity contribution in [2.24, 2.45) is 0 Å². The Bertz CT molecular complexity index is 565. The van der Waals surface area contributed by atoms with Crippen molar-refractivity contribution in [1.82, 2.24) is 9.78 Å². The van der Waals surface area contributed by atoms with E-state index in [0.717, 1.165) is 0 Å². The smallest absolute Gasteiger partial charge is 0.163 e. The minimum atomic E-state index is -0.898. The number of aliphatic hydroxyl groups excluding tert-OH is 1. The number of halogens is 2. The van der Waals surface area contributed by atoms with Gasteiger partial charge in [0.15, 0.2) is 5.75 Å². The van der Waals surface area contributed by atoms with Gasteiger partial charge in [0.2, 0.25) is 0 Å². The Morgan fingerprint density at radius 3 is 2.84 bits per heavy atom. The molecule has 1 N–H and O–H groups in total. The number of aryl methyl sites for hydroxylation is 1. The third kappa shape index (κ3) is 2.74. The first-order valence-corrected chi connectivity index (χ1v) is 6.89. The Balaban J connectivity index is 2.48. The van der Waals surface area contributed by atoms with Crippen LogP contribution in [0.15, 0.2) is 24.4 Å². The minimum Gasteiger partial charge on any atom is -0.493 e. The lowest BCUT2D eigenvalue weighted by Crippen LogP contribution is -2.11. The standard InChI is InChI=1S/C13H14FIN2O2/c1-3-17-12(11(19-2)7-16-17)13(18)9-5-4-8(14)6-10(9)15/h4-7,13,18H,3H2,1-2H3. The Morgan fingerprint density at radius 2 is 2.26 bits per heavy atom. The first-order valence-electron chi connectivity index (χ1n) is 5.81. The monoisotopic (exact) mass is 376 g/mol. The molecule has 1 unspecified atom stereocenters. The van der Waals surface area contributed by atoms with Gasteiger partial charge in [-0.2, -0.15) is 5.10 Å². The second kappa shape index (κ2) is 5.87. The summed E-state index contributed by atoms with van der Waals surface area (Å²) < 4.78 is 20.7. The number of methoxy groups -OCH3 is 1. The summed E-state index contributed by atoms with van der Waals surface area (Å²) >= 11 is 2.00. The highest BCUT2D eigenvalue weighted by molar-refractivity contribution is 14.1. The van der Waals surface area contributed by atoms with E-state index in [-0.39, 0.29) is 5.82 Å². The number of benzene rings is 1. The topological polar surface area (TPSA) is 47.3 Å². The van der Waals surface area contributed by atoms with Crippen LogP contribution in [0.25, 0.3) is 0 Å². The van der Waals surface area contributed by atoms with Gasteiger partial charge in [0, 0.05) is 15.7 Å². The lowest BCUT2D eigenvalue weighted by molar-refractivity contribution is 0.201. The lowest BCUT2D eigenvalue weighted by atomic mass is 10.1. The molecule has 0 fully saturated rings. The summed E-state index contributed by atoms with van der Waals surface area (Å²) in [7, 11) is 1.53. The molecule has 1 aromatic heterocycles. The summed E-state index contributed by atoms with van der Waals surface area (Å²) in [5, 5.41) is 14.7. The predicted octanol–water partition coefficient (Wildman–Crippen LogP) is 2.74. The zero-order valence-electron chi connectivity index (χ0n) is 10.6. The summed E-state index contributed by atoms with van der Waals surface area (Å²) in [4.78, 5) is 0. The van der Waals surface area contributed by atoms with Gasteiger partial charge < -0.3 is 9.84 Å². The molecular weight excluding hydrogens is 362 g/mol. The van der Waals surface area contributed by atoms with Gasteiger partial charge in [-0.1, -0.05) is 6.07 Å². The normalized spacial score (nSPS) is 12.5. The molecule has 19 heavy (non-hydrogen) atoms. The van der Waals surface area contributed by atoms with Crippen molar-refractivity contribution in [1.29, 1.82) is 0 Å². The average molecular weight is 376 g/mol. The van der Waals surface area contributed by atoms with Gasteiger partial charge in [0.05, 0.1) is 13.3 Å². The fraction of sp³-hybridized carbons (Fsp3) is 0.308. The molecule has 0 radical (unpaired) electrons. The van der Waals surface area contributed by atoms with Crippen LogP contribution in [0.3, 0.4) is 0 Å². The highest BCUT2D eigenvalue weighted by Gasteiger charge is 2.22. The van der Waals surface area contributed by atoms with Crippen molar-refractivity contribution in [3.63, 3.8) is 0 Å². The maximum Gasteiger partial charge on any atom is 0.163 e. The molecule has 0 aliphatic rings. The summed E-state index contributed by atoms with van der Waals surface area (Å²) in [5.74, 6) is 0.200. The average Bonchev–Trinajstić information content (AvgIpc) is 2.80. The molecule has 0 saturated carbocycles. The summed E-state index contributed by atoms with van der Waals surface area (Å²) in [6, 6.07) is 4.30. The third-order valence-corrected chi connectivity index (χ3v) is 3.81. The van der Waals surface area contributed by atoms with Gasteiger partial charge in [-0.3, -0.25) is 4.68 Å². The lowest BCUT2D eigenvalue weighted by Gasteiger charge is -2.16. The molecule has 0 spiro atoms. The van der Waals surface area contributed by atoms with E-state index < -0.39 is 6.10 Å². The van der Waals surface area contributed by atoms with E-state index in [0.29, 0.717) is 27.1 Å². The highest BCUT2D eigenvalue weighted by Crippen LogP contribution is 2.32. The van der Waals surface area contributed by atoms with Crippen LogP contribution in [0.4, 0.5) is 4.39 Å².